The second-order valence-corrected chi connectivity index (χ2v) is 6.09. The van der Waals surface area contributed by atoms with Crippen LogP contribution in [0.4, 0.5) is 0 Å². The van der Waals surface area contributed by atoms with Crippen molar-refractivity contribution in [3.63, 3.8) is 0 Å². The lowest BCUT2D eigenvalue weighted by Gasteiger charge is -2.04. The standard InChI is InChI=1S/C17H23N7O/c1-5-22-10-15(14(4)20-22)9-18-17(25)16-6-7-23(21-16)11-24-13(3)8-12(2)19-24/h6-8,10H,5,9,11H2,1-4H3,(H,18,25). The third kappa shape index (κ3) is 3.78. The van der Waals surface area contributed by atoms with Crippen molar-refractivity contribution in [3.05, 3.63) is 52.9 Å². The van der Waals surface area contributed by atoms with Gasteiger partial charge in [0.25, 0.3) is 5.91 Å². The van der Waals surface area contributed by atoms with E-state index in [9.17, 15) is 4.79 Å². The molecular weight excluding hydrogens is 318 g/mol. The molecule has 25 heavy (non-hydrogen) atoms. The van der Waals surface area contributed by atoms with Gasteiger partial charge in [0, 0.05) is 36.7 Å². The molecule has 1 amide bonds. The molecule has 0 saturated heterocycles. The number of hydrogen-bond acceptors (Lipinski definition) is 4. The van der Waals surface area contributed by atoms with E-state index < -0.39 is 0 Å². The maximum absolute atomic E-state index is 12.3. The molecule has 0 saturated carbocycles. The molecule has 0 unspecified atom stereocenters. The predicted octanol–water partition coefficient (Wildman–Crippen LogP) is 1.66. The van der Waals surface area contributed by atoms with E-state index in [-0.39, 0.29) is 5.91 Å². The van der Waals surface area contributed by atoms with Crippen LogP contribution in [0.3, 0.4) is 0 Å². The summed E-state index contributed by atoms with van der Waals surface area (Å²) < 4.78 is 5.42. The number of nitrogens with one attached hydrogen (secondary N) is 1. The summed E-state index contributed by atoms with van der Waals surface area (Å²) in [6.07, 6.45) is 3.74. The molecule has 3 rings (SSSR count). The zero-order chi connectivity index (χ0) is 18.0. The Labute approximate surface area is 146 Å². The van der Waals surface area contributed by atoms with Gasteiger partial charge in [0.2, 0.25) is 0 Å². The van der Waals surface area contributed by atoms with Crippen LogP contribution < -0.4 is 5.32 Å². The minimum Gasteiger partial charge on any atom is -0.346 e. The van der Waals surface area contributed by atoms with Crippen molar-refractivity contribution in [1.82, 2.24) is 34.7 Å². The van der Waals surface area contributed by atoms with Gasteiger partial charge >= 0.3 is 0 Å². The number of nitrogens with zero attached hydrogens (tertiary/aromatic N) is 6. The molecule has 0 bridgehead atoms. The first-order valence-corrected chi connectivity index (χ1v) is 8.32. The molecule has 3 aromatic rings. The first-order valence-electron chi connectivity index (χ1n) is 8.32. The van der Waals surface area contributed by atoms with Crippen LogP contribution in [0.5, 0.6) is 0 Å². The van der Waals surface area contributed by atoms with E-state index in [4.69, 9.17) is 0 Å². The molecule has 8 heteroatoms. The Kier molecular flexibility index (Phi) is 4.69. The van der Waals surface area contributed by atoms with Gasteiger partial charge in [-0.1, -0.05) is 0 Å². The van der Waals surface area contributed by atoms with Gasteiger partial charge in [-0.25, -0.2) is 4.68 Å². The molecule has 0 atom stereocenters. The lowest BCUT2D eigenvalue weighted by atomic mass is 10.2. The molecular formula is C17H23N7O. The summed E-state index contributed by atoms with van der Waals surface area (Å²) in [5.74, 6) is -0.198. The van der Waals surface area contributed by atoms with Gasteiger partial charge in [0.05, 0.1) is 11.4 Å². The third-order valence-corrected chi connectivity index (χ3v) is 4.07. The van der Waals surface area contributed by atoms with E-state index in [2.05, 4.69) is 20.6 Å². The van der Waals surface area contributed by atoms with Gasteiger partial charge in [-0.3, -0.25) is 14.2 Å². The number of carbonyl (C=O) groups excluding carboxylic acids is 1. The highest BCUT2D eigenvalue weighted by Gasteiger charge is 2.12. The van der Waals surface area contributed by atoms with Crippen LogP contribution in [0.1, 0.15) is 40.1 Å². The van der Waals surface area contributed by atoms with Crippen LogP contribution in [0.15, 0.2) is 24.5 Å². The molecule has 0 aliphatic heterocycles. The van der Waals surface area contributed by atoms with Crippen LogP contribution in [0.2, 0.25) is 0 Å². The van der Waals surface area contributed by atoms with Crippen LogP contribution in [-0.2, 0) is 19.8 Å². The maximum atomic E-state index is 12.3. The van der Waals surface area contributed by atoms with Crippen molar-refractivity contribution < 1.29 is 4.79 Å². The van der Waals surface area contributed by atoms with Crippen LogP contribution in [0.25, 0.3) is 0 Å². The highest BCUT2D eigenvalue weighted by Crippen LogP contribution is 2.06. The van der Waals surface area contributed by atoms with E-state index in [0.717, 1.165) is 29.2 Å². The summed E-state index contributed by atoms with van der Waals surface area (Å²) in [5, 5.41) is 16.0. The number of aryl methyl sites for hydroxylation is 4. The first kappa shape index (κ1) is 16.9. The maximum Gasteiger partial charge on any atom is 0.272 e. The largest absolute Gasteiger partial charge is 0.346 e. The van der Waals surface area contributed by atoms with Gasteiger partial charge in [-0.05, 0) is 39.8 Å². The summed E-state index contributed by atoms with van der Waals surface area (Å²) in [6.45, 7) is 9.65. The van der Waals surface area contributed by atoms with Crippen molar-refractivity contribution in [2.75, 3.05) is 0 Å². The first-order chi connectivity index (χ1) is 12.0. The van der Waals surface area contributed by atoms with Crippen LogP contribution in [-0.4, -0.2) is 35.2 Å². The third-order valence-electron chi connectivity index (χ3n) is 4.07. The van der Waals surface area contributed by atoms with Gasteiger partial charge in [0.15, 0.2) is 0 Å². The molecule has 3 heterocycles. The van der Waals surface area contributed by atoms with E-state index in [1.54, 1.807) is 16.9 Å². The average molecular weight is 341 g/mol. The Morgan fingerprint density at radius 2 is 1.96 bits per heavy atom. The van der Waals surface area contributed by atoms with E-state index in [1.807, 2.05) is 49.3 Å². The van der Waals surface area contributed by atoms with E-state index in [1.165, 1.54) is 0 Å². The van der Waals surface area contributed by atoms with Gasteiger partial charge in [-0.15, -0.1) is 0 Å². The summed E-state index contributed by atoms with van der Waals surface area (Å²) in [6, 6.07) is 3.72. The SMILES string of the molecule is CCn1cc(CNC(=O)c2ccn(Cn3nc(C)cc3C)n2)c(C)n1. The number of carbonyl (C=O) groups is 1. The molecule has 0 spiro atoms. The monoisotopic (exact) mass is 341 g/mol. The number of rotatable bonds is 6. The fourth-order valence-corrected chi connectivity index (χ4v) is 2.68. The smallest absolute Gasteiger partial charge is 0.272 e. The Bertz CT molecular complexity index is 887. The van der Waals surface area contributed by atoms with Crippen LogP contribution >= 0.6 is 0 Å². The zero-order valence-corrected chi connectivity index (χ0v) is 15.0. The van der Waals surface area contributed by atoms with Crippen molar-refractivity contribution in [2.45, 2.75) is 47.5 Å². The lowest BCUT2D eigenvalue weighted by Crippen LogP contribution is -2.24. The van der Waals surface area contributed by atoms with Crippen molar-refractivity contribution in [3.8, 4) is 0 Å². The van der Waals surface area contributed by atoms with Crippen molar-refractivity contribution in [1.29, 1.82) is 0 Å². The van der Waals surface area contributed by atoms with Crippen molar-refractivity contribution >= 4 is 5.91 Å². The van der Waals surface area contributed by atoms with E-state index >= 15 is 0 Å². The molecule has 0 aliphatic carbocycles. The number of amides is 1. The minimum atomic E-state index is -0.198. The van der Waals surface area contributed by atoms with Gasteiger partial charge in [-0.2, -0.15) is 15.3 Å². The summed E-state index contributed by atoms with van der Waals surface area (Å²) in [4.78, 5) is 12.3. The second-order valence-electron chi connectivity index (χ2n) is 6.09. The number of hydrogen-bond donors (Lipinski definition) is 1. The Hall–Kier alpha value is -2.90. The second kappa shape index (κ2) is 6.92. The minimum absolute atomic E-state index is 0.198. The molecule has 0 aliphatic rings. The molecule has 3 aromatic heterocycles. The van der Waals surface area contributed by atoms with Crippen LogP contribution in [0, 0.1) is 20.8 Å². The highest BCUT2D eigenvalue weighted by molar-refractivity contribution is 5.92. The molecule has 0 radical (unpaired) electrons. The normalized spacial score (nSPS) is 11.0. The van der Waals surface area contributed by atoms with E-state index in [0.29, 0.717) is 18.9 Å². The van der Waals surface area contributed by atoms with Crippen molar-refractivity contribution in [2.24, 2.45) is 0 Å². The average Bonchev–Trinajstić information content (AvgIpc) is 3.25. The highest BCUT2D eigenvalue weighted by atomic mass is 16.1. The molecule has 8 nitrogen and oxygen atoms in total. The summed E-state index contributed by atoms with van der Waals surface area (Å²) in [7, 11) is 0. The quantitative estimate of drug-likeness (QED) is 0.739. The molecule has 0 aromatic carbocycles. The zero-order valence-electron chi connectivity index (χ0n) is 15.0. The van der Waals surface area contributed by atoms with Gasteiger partial charge < -0.3 is 5.32 Å². The number of aromatic nitrogens is 6. The Morgan fingerprint density at radius 3 is 2.60 bits per heavy atom. The summed E-state index contributed by atoms with van der Waals surface area (Å²) >= 11 is 0. The fourth-order valence-electron chi connectivity index (χ4n) is 2.68. The fraction of sp³-hybridized carbons (Fsp3) is 0.412. The van der Waals surface area contributed by atoms with Gasteiger partial charge in [0.1, 0.15) is 12.4 Å². The Morgan fingerprint density at radius 1 is 1.16 bits per heavy atom. The Balaban J connectivity index is 1.62. The predicted molar refractivity (Wildman–Crippen MR) is 93.1 cm³/mol. The molecule has 0 fully saturated rings. The molecule has 132 valence electrons. The summed E-state index contributed by atoms with van der Waals surface area (Å²) in [5.41, 5.74) is 4.35. The molecule has 1 N–H and O–H groups in total. The lowest BCUT2D eigenvalue weighted by molar-refractivity contribution is 0.0945. The topological polar surface area (TPSA) is 82.6 Å².